The third-order valence-electron chi connectivity index (χ3n) is 4.78. The quantitative estimate of drug-likeness (QED) is 0.852. The first-order chi connectivity index (χ1) is 10.8. The highest BCUT2D eigenvalue weighted by Gasteiger charge is 2.32. The van der Waals surface area contributed by atoms with Gasteiger partial charge in [0.15, 0.2) is 0 Å². The van der Waals surface area contributed by atoms with Crippen LogP contribution < -0.4 is 15.4 Å². The van der Waals surface area contributed by atoms with Gasteiger partial charge < -0.3 is 15.4 Å². The van der Waals surface area contributed by atoms with E-state index >= 15 is 0 Å². The number of hydrogen-bond donors (Lipinski definition) is 2. The molecule has 2 N–H and O–H groups in total. The molecule has 0 saturated carbocycles. The van der Waals surface area contributed by atoms with Gasteiger partial charge in [0.2, 0.25) is 5.91 Å². The second-order valence-electron chi connectivity index (χ2n) is 6.22. The molecule has 0 spiro atoms. The van der Waals surface area contributed by atoms with Gasteiger partial charge in [-0.05, 0) is 31.4 Å². The van der Waals surface area contributed by atoms with Gasteiger partial charge in [-0.25, -0.2) is 0 Å². The van der Waals surface area contributed by atoms with Crippen molar-refractivity contribution in [3.63, 3.8) is 0 Å². The molecule has 0 bridgehead atoms. The van der Waals surface area contributed by atoms with Crippen LogP contribution in [0.1, 0.15) is 18.4 Å². The first kappa shape index (κ1) is 18.0. The van der Waals surface area contributed by atoms with E-state index in [1.807, 2.05) is 24.3 Å². The number of likely N-dealkylation sites (tertiary alicyclic amines) is 1. The molecule has 0 radical (unpaired) electrons. The first-order valence-electron chi connectivity index (χ1n) is 8.10. The first-order valence-corrected chi connectivity index (χ1v) is 8.10. The highest BCUT2D eigenvalue weighted by molar-refractivity contribution is 5.85. The Bertz CT molecular complexity index is 526. The predicted octanol–water partition coefficient (Wildman–Crippen LogP) is 1.42. The number of carbonyl (C=O) groups excluding carboxylic acids is 1. The Morgan fingerprint density at radius 1 is 1.39 bits per heavy atom. The molecule has 2 saturated heterocycles. The van der Waals surface area contributed by atoms with Crippen LogP contribution in [0.15, 0.2) is 24.3 Å². The number of methoxy groups -OCH3 is 1. The van der Waals surface area contributed by atoms with Gasteiger partial charge in [-0.3, -0.25) is 9.69 Å². The van der Waals surface area contributed by atoms with Crippen LogP contribution in [0.25, 0.3) is 0 Å². The zero-order valence-electron chi connectivity index (χ0n) is 13.6. The summed E-state index contributed by atoms with van der Waals surface area (Å²) in [6.45, 7) is 4.20. The number of carbonyl (C=O) groups is 1. The molecule has 0 aromatic heterocycles. The molecular formula is C17H26ClN3O2. The van der Waals surface area contributed by atoms with Crippen molar-refractivity contribution in [2.45, 2.75) is 25.4 Å². The second kappa shape index (κ2) is 8.52. The Labute approximate surface area is 144 Å². The number of rotatable bonds is 5. The van der Waals surface area contributed by atoms with Gasteiger partial charge in [0.1, 0.15) is 5.75 Å². The Morgan fingerprint density at radius 2 is 2.22 bits per heavy atom. The number of benzene rings is 1. The Balaban J connectivity index is 0.00000192. The van der Waals surface area contributed by atoms with Crippen LogP contribution in [0, 0.1) is 5.92 Å². The fourth-order valence-corrected chi connectivity index (χ4v) is 3.57. The van der Waals surface area contributed by atoms with Gasteiger partial charge in [0.25, 0.3) is 0 Å². The van der Waals surface area contributed by atoms with Crippen molar-refractivity contribution >= 4 is 18.3 Å². The van der Waals surface area contributed by atoms with Crippen LogP contribution in [-0.2, 0) is 11.3 Å². The number of halogens is 1. The fourth-order valence-electron chi connectivity index (χ4n) is 3.57. The van der Waals surface area contributed by atoms with Crippen LogP contribution >= 0.6 is 12.4 Å². The summed E-state index contributed by atoms with van der Waals surface area (Å²) in [5, 5.41) is 6.56. The van der Waals surface area contributed by atoms with Crippen molar-refractivity contribution in [3.8, 4) is 5.75 Å². The van der Waals surface area contributed by atoms with E-state index in [1.54, 1.807) is 7.11 Å². The number of ether oxygens (including phenoxy) is 1. The van der Waals surface area contributed by atoms with Crippen molar-refractivity contribution in [1.82, 2.24) is 15.5 Å². The number of hydrogen-bond acceptors (Lipinski definition) is 4. The van der Waals surface area contributed by atoms with E-state index < -0.39 is 0 Å². The number of nitrogens with one attached hydrogen (secondary N) is 2. The summed E-state index contributed by atoms with van der Waals surface area (Å²) in [4.78, 5) is 14.5. The maximum absolute atomic E-state index is 12.2. The maximum Gasteiger partial charge on any atom is 0.234 e. The van der Waals surface area contributed by atoms with Gasteiger partial charge in [0.05, 0.1) is 13.7 Å². The van der Waals surface area contributed by atoms with Crippen molar-refractivity contribution in [3.05, 3.63) is 29.8 Å². The largest absolute Gasteiger partial charge is 0.496 e. The molecule has 2 aliphatic heterocycles. The highest BCUT2D eigenvalue weighted by atomic mass is 35.5. The minimum absolute atomic E-state index is 0. The van der Waals surface area contributed by atoms with E-state index in [9.17, 15) is 4.79 Å². The summed E-state index contributed by atoms with van der Waals surface area (Å²) < 4.78 is 5.31. The monoisotopic (exact) mass is 339 g/mol. The summed E-state index contributed by atoms with van der Waals surface area (Å²) in [5.41, 5.74) is 1.01. The lowest BCUT2D eigenvalue weighted by Crippen LogP contribution is -2.47. The van der Waals surface area contributed by atoms with Crippen LogP contribution in [0.4, 0.5) is 0 Å². The lowest BCUT2D eigenvalue weighted by atomic mass is 9.93. The smallest absolute Gasteiger partial charge is 0.234 e. The zero-order chi connectivity index (χ0) is 15.4. The van der Waals surface area contributed by atoms with Crippen LogP contribution in [0.3, 0.4) is 0 Å². The van der Waals surface area contributed by atoms with Crippen LogP contribution in [-0.4, -0.2) is 50.1 Å². The summed E-state index contributed by atoms with van der Waals surface area (Å²) in [6.07, 6.45) is 2.40. The number of nitrogens with zero attached hydrogens (tertiary/aromatic N) is 1. The van der Waals surface area contributed by atoms with Gasteiger partial charge >= 0.3 is 0 Å². The Kier molecular flexibility index (Phi) is 6.69. The molecule has 2 heterocycles. The van der Waals surface area contributed by atoms with Gasteiger partial charge in [-0.15, -0.1) is 12.4 Å². The molecule has 2 atom stereocenters. The number of piperidine rings is 1. The molecule has 23 heavy (non-hydrogen) atoms. The van der Waals surface area contributed by atoms with E-state index in [1.165, 1.54) is 6.42 Å². The van der Waals surface area contributed by atoms with Crippen molar-refractivity contribution in [2.75, 3.05) is 33.3 Å². The van der Waals surface area contributed by atoms with E-state index in [4.69, 9.17) is 4.74 Å². The van der Waals surface area contributed by atoms with Crippen LogP contribution in [0.5, 0.6) is 5.75 Å². The Hall–Kier alpha value is -1.30. The highest BCUT2D eigenvalue weighted by Crippen LogP contribution is 2.24. The second-order valence-corrected chi connectivity index (χ2v) is 6.22. The standard InChI is InChI=1S/C17H25N3O2.ClH/c1-22-16-5-3-2-4-13(16)10-19-17(21)12-20-9-7-15-14(11-20)6-8-18-15;/h2-5,14-15,18H,6-12H2,1H3,(H,19,21);1H. The topological polar surface area (TPSA) is 53.6 Å². The summed E-state index contributed by atoms with van der Waals surface area (Å²) in [6, 6.07) is 8.47. The summed E-state index contributed by atoms with van der Waals surface area (Å²) >= 11 is 0. The normalized spacial score (nSPS) is 23.7. The maximum atomic E-state index is 12.2. The molecule has 1 aromatic carbocycles. The predicted molar refractivity (Wildman–Crippen MR) is 93.0 cm³/mol. The third-order valence-corrected chi connectivity index (χ3v) is 4.78. The number of para-hydroxylation sites is 1. The van der Waals surface area contributed by atoms with E-state index in [0.29, 0.717) is 19.1 Å². The zero-order valence-corrected chi connectivity index (χ0v) is 14.4. The molecule has 2 aliphatic rings. The minimum Gasteiger partial charge on any atom is -0.496 e. The average molecular weight is 340 g/mol. The van der Waals surface area contributed by atoms with Crippen molar-refractivity contribution in [2.24, 2.45) is 5.92 Å². The molecular weight excluding hydrogens is 314 g/mol. The summed E-state index contributed by atoms with van der Waals surface area (Å²) in [5.74, 6) is 1.63. The van der Waals surface area contributed by atoms with Gasteiger partial charge in [0, 0.05) is 31.2 Å². The number of amides is 1. The lowest BCUT2D eigenvalue weighted by molar-refractivity contribution is -0.122. The van der Waals surface area contributed by atoms with Crippen molar-refractivity contribution in [1.29, 1.82) is 0 Å². The molecule has 5 nitrogen and oxygen atoms in total. The van der Waals surface area contributed by atoms with Crippen LogP contribution in [0.2, 0.25) is 0 Å². The molecule has 128 valence electrons. The minimum atomic E-state index is 0. The molecule has 6 heteroatoms. The lowest BCUT2D eigenvalue weighted by Gasteiger charge is -2.34. The number of fused-ring (bicyclic) bond motifs is 1. The molecule has 1 aromatic rings. The van der Waals surface area contributed by atoms with Gasteiger partial charge in [-0.2, -0.15) is 0 Å². The third kappa shape index (κ3) is 4.59. The Morgan fingerprint density at radius 3 is 3.04 bits per heavy atom. The SMILES string of the molecule is COc1ccccc1CNC(=O)CN1CCC2NCCC2C1.Cl. The van der Waals surface area contributed by atoms with E-state index in [2.05, 4.69) is 15.5 Å². The average Bonchev–Trinajstić information content (AvgIpc) is 3.01. The molecule has 3 rings (SSSR count). The van der Waals surface area contributed by atoms with Crippen molar-refractivity contribution < 1.29 is 9.53 Å². The summed E-state index contributed by atoms with van der Waals surface area (Å²) in [7, 11) is 1.65. The van der Waals surface area contributed by atoms with Gasteiger partial charge in [-0.1, -0.05) is 18.2 Å². The fraction of sp³-hybridized carbons (Fsp3) is 0.588. The van der Waals surface area contributed by atoms with E-state index in [0.717, 1.165) is 43.3 Å². The molecule has 0 aliphatic carbocycles. The molecule has 2 fully saturated rings. The molecule has 1 amide bonds. The molecule has 2 unspecified atom stereocenters. The van der Waals surface area contributed by atoms with E-state index in [-0.39, 0.29) is 18.3 Å².